The Hall–Kier alpha value is 0.0700. The zero-order chi connectivity index (χ0) is 10.5. The number of hydrogen-bond acceptors (Lipinski definition) is 3. The average molecular weight is 211 g/mol. The predicted molar refractivity (Wildman–Crippen MR) is 50.2 cm³/mol. The number of nitrogens with two attached hydrogens (primary N) is 1. The van der Waals surface area contributed by atoms with Crippen LogP contribution in [0.25, 0.3) is 0 Å². The van der Waals surface area contributed by atoms with E-state index >= 15 is 0 Å². The summed E-state index contributed by atoms with van der Waals surface area (Å²) in [7, 11) is -4.40. The molecule has 0 aliphatic heterocycles. The number of rotatable bonds is 6. The van der Waals surface area contributed by atoms with Gasteiger partial charge < -0.3 is 20.6 Å². The Labute approximate surface area is 78.1 Å². The molecule has 6 heteroatoms. The first-order valence-electron chi connectivity index (χ1n) is 4.33. The lowest BCUT2D eigenvalue weighted by molar-refractivity contribution is 0.203. The molecule has 0 radical (unpaired) electrons. The Morgan fingerprint density at radius 2 is 1.92 bits per heavy atom. The second-order valence-electron chi connectivity index (χ2n) is 3.26. The van der Waals surface area contributed by atoms with E-state index in [4.69, 9.17) is 20.6 Å². The van der Waals surface area contributed by atoms with Gasteiger partial charge >= 0.3 is 7.60 Å². The Morgan fingerprint density at radius 3 is 2.23 bits per heavy atom. The molecule has 1 unspecified atom stereocenters. The number of aliphatic hydroxyl groups is 1. The Balaban J connectivity index is 4.21. The van der Waals surface area contributed by atoms with E-state index < -0.39 is 19.5 Å². The summed E-state index contributed by atoms with van der Waals surface area (Å²) in [5.74, 6) is 0. The Morgan fingerprint density at radius 1 is 1.38 bits per heavy atom. The van der Waals surface area contributed by atoms with Crippen molar-refractivity contribution in [1.29, 1.82) is 0 Å². The van der Waals surface area contributed by atoms with Crippen LogP contribution < -0.4 is 5.73 Å². The van der Waals surface area contributed by atoms with Crippen molar-refractivity contribution in [3.05, 3.63) is 0 Å². The normalized spacial score (nSPS) is 17.0. The fourth-order valence-electron chi connectivity index (χ4n) is 0.998. The lowest BCUT2D eigenvalue weighted by atomic mass is 10.1. The highest BCUT2D eigenvalue weighted by molar-refractivity contribution is 7.53. The van der Waals surface area contributed by atoms with Gasteiger partial charge in [0.2, 0.25) is 0 Å². The molecule has 0 fully saturated rings. The van der Waals surface area contributed by atoms with E-state index in [9.17, 15) is 4.57 Å². The van der Waals surface area contributed by atoms with Crippen LogP contribution in [0.5, 0.6) is 0 Å². The molecule has 0 aromatic heterocycles. The molecule has 0 spiro atoms. The van der Waals surface area contributed by atoms with Crippen molar-refractivity contribution in [3.63, 3.8) is 0 Å². The molecule has 0 heterocycles. The van der Waals surface area contributed by atoms with Crippen molar-refractivity contribution in [3.8, 4) is 0 Å². The summed E-state index contributed by atoms with van der Waals surface area (Å²) < 4.78 is 10.9. The van der Waals surface area contributed by atoms with E-state index in [1.807, 2.05) is 6.92 Å². The van der Waals surface area contributed by atoms with E-state index in [0.717, 1.165) is 12.8 Å². The van der Waals surface area contributed by atoms with Crippen LogP contribution in [0.1, 0.15) is 32.6 Å². The third-order valence-electron chi connectivity index (χ3n) is 2.07. The number of unbranched alkanes of at least 4 members (excludes halogenated alkanes) is 2. The van der Waals surface area contributed by atoms with E-state index in [-0.39, 0.29) is 6.42 Å². The first-order chi connectivity index (χ1) is 5.87. The topological polar surface area (TPSA) is 104 Å². The highest BCUT2D eigenvalue weighted by atomic mass is 31.2. The second kappa shape index (κ2) is 5.08. The Kier molecular flexibility index (Phi) is 5.10. The van der Waals surface area contributed by atoms with Gasteiger partial charge in [-0.25, -0.2) is 0 Å². The SMILES string of the molecule is CCCCCC(N)(CO)P(=O)(O)O. The molecule has 13 heavy (non-hydrogen) atoms. The smallest absolute Gasteiger partial charge is 0.347 e. The molecule has 0 amide bonds. The molecule has 1 atom stereocenters. The predicted octanol–water partition coefficient (Wildman–Crippen LogP) is 0.392. The van der Waals surface area contributed by atoms with E-state index in [1.54, 1.807) is 0 Å². The van der Waals surface area contributed by atoms with Crippen LogP contribution in [-0.2, 0) is 4.57 Å². The minimum absolute atomic E-state index is 0.154. The van der Waals surface area contributed by atoms with Crippen LogP contribution in [0.15, 0.2) is 0 Å². The summed E-state index contributed by atoms with van der Waals surface area (Å²) >= 11 is 0. The molecule has 0 aliphatic carbocycles. The van der Waals surface area contributed by atoms with Gasteiger partial charge in [0, 0.05) is 0 Å². The van der Waals surface area contributed by atoms with Crippen molar-refractivity contribution >= 4 is 7.60 Å². The van der Waals surface area contributed by atoms with Crippen LogP contribution in [0, 0.1) is 0 Å². The maximum atomic E-state index is 10.9. The summed E-state index contributed by atoms with van der Waals surface area (Å²) in [4.78, 5) is 17.7. The largest absolute Gasteiger partial charge is 0.394 e. The van der Waals surface area contributed by atoms with E-state index in [0.29, 0.717) is 6.42 Å². The fourth-order valence-corrected chi connectivity index (χ4v) is 1.63. The van der Waals surface area contributed by atoms with Crippen molar-refractivity contribution in [2.24, 2.45) is 5.73 Å². The fraction of sp³-hybridized carbons (Fsp3) is 1.00. The third kappa shape index (κ3) is 3.75. The van der Waals surface area contributed by atoms with Gasteiger partial charge in [-0.05, 0) is 6.42 Å². The van der Waals surface area contributed by atoms with E-state index in [2.05, 4.69) is 0 Å². The monoisotopic (exact) mass is 211 g/mol. The number of hydrogen-bond donors (Lipinski definition) is 4. The average Bonchev–Trinajstić information content (AvgIpc) is 2.02. The van der Waals surface area contributed by atoms with Gasteiger partial charge in [-0.2, -0.15) is 0 Å². The summed E-state index contributed by atoms with van der Waals surface area (Å²) in [5.41, 5.74) is 5.40. The van der Waals surface area contributed by atoms with Gasteiger partial charge in [0.1, 0.15) is 5.28 Å². The minimum Gasteiger partial charge on any atom is -0.394 e. The van der Waals surface area contributed by atoms with Gasteiger partial charge in [-0.1, -0.05) is 26.2 Å². The maximum absolute atomic E-state index is 10.9. The molecule has 0 aromatic carbocycles. The summed E-state index contributed by atoms with van der Waals surface area (Å²) in [6.07, 6.45) is 2.59. The summed E-state index contributed by atoms with van der Waals surface area (Å²) in [6.45, 7) is 1.30. The minimum atomic E-state index is -4.40. The highest BCUT2D eigenvalue weighted by Gasteiger charge is 2.41. The van der Waals surface area contributed by atoms with Crippen molar-refractivity contribution in [1.82, 2.24) is 0 Å². The van der Waals surface area contributed by atoms with Gasteiger partial charge in [0.15, 0.2) is 0 Å². The van der Waals surface area contributed by atoms with Crippen LogP contribution >= 0.6 is 7.60 Å². The molecule has 0 saturated carbocycles. The maximum Gasteiger partial charge on any atom is 0.347 e. The molecule has 0 saturated heterocycles. The van der Waals surface area contributed by atoms with Crippen molar-refractivity contribution in [2.75, 3.05) is 6.61 Å². The second-order valence-corrected chi connectivity index (χ2v) is 5.24. The summed E-state index contributed by atoms with van der Waals surface area (Å²) in [6, 6.07) is 0. The molecule has 0 aliphatic rings. The third-order valence-corrected chi connectivity index (χ3v) is 3.59. The molecule has 0 aromatic rings. The molecule has 0 rings (SSSR count). The van der Waals surface area contributed by atoms with Gasteiger partial charge in [0.05, 0.1) is 6.61 Å². The highest BCUT2D eigenvalue weighted by Crippen LogP contribution is 2.49. The first kappa shape index (κ1) is 13.1. The molecular formula is C7H18NO4P. The standard InChI is InChI=1S/C7H18NO4P/c1-2-3-4-5-7(8,6-9)13(10,11)12/h9H,2-6,8H2,1H3,(H2,10,11,12). The van der Waals surface area contributed by atoms with Crippen LogP contribution in [0.2, 0.25) is 0 Å². The van der Waals surface area contributed by atoms with Crippen LogP contribution in [0.3, 0.4) is 0 Å². The zero-order valence-electron chi connectivity index (χ0n) is 7.81. The molecule has 80 valence electrons. The molecule has 0 bridgehead atoms. The van der Waals surface area contributed by atoms with Crippen LogP contribution in [0.4, 0.5) is 0 Å². The first-order valence-corrected chi connectivity index (χ1v) is 5.94. The lowest BCUT2D eigenvalue weighted by Gasteiger charge is -2.27. The van der Waals surface area contributed by atoms with Gasteiger partial charge in [0.25, 0.3) is 0 Å². The van der Waals surface area contributed by atoms with Crippen molar-refractivity contribution in [2.45, 2.75) is 37.9 Å². The molecular weight excluding hydrogens is 193 g/mol. The van der Waals surface area contributed by atoms with Crippen molar-refractivity contribution < 1.29 is 19.5 Å². The van der Waals surface area contributed by atoms with Gasteiger partial charge in [-0.3, -0.25) is 4.57 Å². The quantitative estimate of drug-likeness (QED) is 0.376. The number of aliphatic hydroxyl groups excluding tert-OH is 1. The van der Waals surface area contributed by atoms with Crippen LogP contribution in [-0.4, -0.2) is 26.8 Å². The molecule has 5 nitrogen and oxygen atoms in total. The lowest BCUT2D eigenvalue weighted by Crippen LogP contribution is -2.43. The van der Waals surface area contributed by atoms with Gasteiger partial charge in [-0.15, -0.1) is 0 Å². The molecule has 5 N–H and O–H groups in total. The van der Waals surface area contributed by atoms with E-state index in [1.165, 1.54) is 0 Å². The Bertz CT molecular complexity index is 193. The zero-order valence-corrected chi connectivity index (χ0v) is 8.70. The summed E-state index contributed by atoms with van der Waals surface area (Å²) in [5, 5.41) is 7.06.